The molecule has 3 rings (SSSR count). The molecule has 0 unspecified atom stereocenters. The second-order valence-electron chi connectivity index (χ2n) is 6.57. The fraction of sp³-hybridized carbons (Fsp3) is 0.0909. The molecule has 0 aliphatic carbocycles. The Morgan fingerprint density at radius 1 is 0.903 bits per heavy atom. The van der Waals surface area contributed by atoms with Gasteiger partial charge in [0.1, 0.15) is 5.82 Å². The standard InChI is InChI=1S/C22H20FN3O3S2/c23-18-8-6-17(7-9-18)21(27)26-22(30)25-19-10-12-20(13-11-19)31(28,29)24-15-14-16-4-2-1-3-5-16/h1-13,24H,14-15H2,(H2,25,26,27,30). The van der Waals surface area contributed by atoms with Gasteiger partial charge in [-0.3, -0.25) is 10.1 Å². The van der Waals surface area contributed by atoms with Crippen LogP contribution < -0.4 is 15.4 Å². The minimum absolute atomic E-state index is 0.0333. The summed E-state index contributed by atoms with van der Waals surface area (Å²) in [4.78, 5) is 12.2. The molecule has 31 heavy (non-hydrogen) atoms. The number of rotatable bonds is 7. The van der Waals surface area contributed by atoms with E-state index >= 15 is 0 Å². The van der Waals surface area contributed by atoms with Crippen LogP contribution in [-0.2, 0) is 16.4 Å². The van der Waals surface area contributed by atoms with Crippen LogP contribution in [0.5, 0.6) is 0 Å². The van der Waals surface area contributed by atoms with Gasteiger partial charge in [-0.15, -0.1) is 0 Å². The molecule has 160 valence electrons. The van der Waals surface area contributed by atoms with Gasteiger partial charge in [0, 0.05) is 17.8 Å². The number of halogens is 1. The van der Waals surface area contributed by atoms with Crippen molar-refractivity contribution >= 4 is 38.9 Å². The van der Waals surface area contributed by atoms with E-state index in [0.29, 0.717) is 12.1 Å². The smallest absolute Gasteiger partial charge is 0.257 e. The van der Waals surface area contributed by atoms with Crippen LogP contribution in [0, 0.1) is 5.82 Å². The van der Waals surface area contributed by atoms with Crippen molar-refractivity contribution in [3.63, 3.8) is 0 Å². The van der Waals surface area contributed by atoms with Gasteiger partial charge in [0.05, 0.1) is 4.90 Å². The van der Waals surface area contributed by atoms with Gasteiger partial charge >= 0.3 is 0 Å². The van der Waals surface area contributed by atoms with Crippen molar-refractivity contribution in [3.05, 3.63) is 95.8 Å². The predicted molar refractivity (Wildman–Crippen MR) is 122 cm³/mol. The largest absolute Gasteiger partial charge is 0.332 e. The van der Waals surface area contributed by atoms with Gasteiger partial charge in [-0.1, -0.05) is 30.3 Å². The molecule has 6 nitrogen and oxygen atoms in total. The lowest BCUT2D eigenvalue weighted by Gasteiger charge is -2.11. The molecule has 0 bridgehead atoms. The summed E-state index contributed by atoms with van der Waals surface area (Å²) in [5.41, 5.74) is 1.81. The maximum atomic E-state index is 12.9. The highest BCUT2D eigenvalue weighted by atomic mass is 32.2. The lowest BCUT2D eigenvalue weighted by Crippen LogP contribution is -2.34. The first-order valence-electron chi connectivity index (χ1n) is 9.35. The average molecular weight is 458 g/mol. The summed E-state index contributed by atoms with van der Waals surface area (Å²) in [5.74, 6) is -0.929. The molecule has 0 aliphatic heterocycles. The molecule has 9 heteroatoms. The van der Waals surface area contributed by atoms with Gasteiger partial charge in [-0.2, -0.15) is 0 Å². The summed E-state index contributed by atoms with van der Waals surface area (Å²) in [5, 5.41) is 5.32. The van der Waals surface area contributed by atoms with Crippen LogP contribution in [0.1, 0.15) is 15.9 Å². The van der Waals surface area contributed by atoms with Crippen LogP contribution in [0.4, 0.5) is 10.1 Å². The number of carbonyl (C=O) groups excluding carboxylic acids is 1. The zero-order chi connectivity index (χ0) is 22.3. The third kappa shape index (κ3) is 6.68. The Bertz CT molecular complexity index is 1150. The van der Waals surface area contributed by atoms with Gasteiger partial charge < -0.3 is 5.32 Å². The third-order valence-electron chi connectivity index (χ3n) is 4.30. The van der Waals surface area contributed by atoms with Crippen LogP contribution in [0.15, 0.2) is 83.8 Å². The minimum atomic E-state index is -3.65. The van der Waals surface area contributed by atoms with E-state index in [9.17, 15) is 17.6 Å². The number of thiocarbonyl (C=S) groups is 1. The van der Waals surface area contributed by atoms with E-state index in [4.69, 9.17) is 12.2 Å². The second kappa shape index (κ2) is 10.3. The first-order valence-corrected chi connectivity index (χ1v) is 11.2. The van der Waals surface area contributed by atoms with Crippen molar-refractivity contribution in [2.45, 2.75) is 11.3 Å². The maximum Gasteiger partial charge on any atom is 0.257 e. The van der Waals surface area contributed by atoms with E-state index < -0.39 is 21.7 Å². The number of sulfonamides is 1. The molecule has 0 fully saturated rings. The highest BCUT2D eigenvalue weighted by Gasteiger charge is 2.14. The molecular formula is C22H20FN3O3S2. The summed E-state index contributed by atoms with van der Waals surface area (Å²) < 4.78 is 40.4. The number of carbonyl (C=O) groups is 1. The Labute approximate surface area is 185 Å². The normalized spacial score (nSPS) is 11.0. The van der Waals surface area contributed by atoms with Gasteiger partial charge in [-0.25, -0.2) is 17.5 Å². The zero-order valence-electron chi connectivity index (χ0n) is 16.3. The van der Waals surface area contributed by atoms with Crippen LogP contribution in [-0.4, -0.2) is 26.0 Å². The number of hydrogen-bond acceptors (Lipinski definition) is 4. The molecule has 0 aliphatic rings. The molecule has 0 radical (unpaired) electrons. The highest BCUT2D eigenvalue weighted by Crippen LogP contribution is 2.14. The van der Waals surface area contributed by atoms with Crippen molar-refractivity contribution in [3.8, 4) is 0 Å². The fourth-order valence-electron chi connectivity index (χ4n) is 2.71. The van der Waals surface area contributed by atoms with Crippen LogP contribution in [0.2, 0.25) is 0 Å². The number of benzene rings is 3. The molecule has 0 saturated carbocycles. The van der Waals surface area contributed by atoms with Crippen molar-refractivity contribution in [1.82, 2.24) is 10.0 Å². The zero-order valence-corrected chi connectivity index (χ0v) is 18.0. The predicted octanol–water partition coefficient (Wildman–Crippen LogP) is 3.47. The summed E-state index contributed by atoms with van der Waals surface area (Å²) in [7, 11) is -3.65. The van der Waals surface area contributed by atoms with Gasteiger partial charge in [0.25, 0.3) is 5.91 Å². The van der Waals surface area contributed by atoms with Crippen LogP contribution in [0.25, 0.3) is 0 Å². The topological polar surface area (TPSA) is 87.3 Å². The van der Waals surface area contributed by atoms with E-state index in [1.807, 2.05) is 30.3 Å². The first-order chi connectivity index (χ1) is 14.8. The molecule has 0 spiro atoms. The van der Waals surface area contributed by atoms with Crippen LogP contribution >= 0.6 is 12.2 Å². The molecule has 1 amide bonds. The third-order valence-corrected chi connectivity index (χ3v) is 5.99. The van der Waals surface area contributed by atoms with Crippen molar-refractivity contribution in [2.24, 2.45) is 0 Å². The summed E-state index contributed by atoms with van der Waals surface area (Å²) in [6, 6.07) is 20.6. The Morgan fingerprint density at radius 2 is 1.55 bits per heavy atom. The van der Waals surface area contributed by atoms with Gasteiger partial charge in [-0.05, 0) is 72.7 Å². The SMILES string of the molecule is O=C(NC(=S)Nc1ccc(S(=O)(=O)NCCc2ccccc2)cc1)c1ccc(F)cc1. The number of amides is 1. The Kier molecular flexibility index (Phi) is 7.45. The van der Waals surface area contributed by atoms with Crippen molar-refractivity contribution < 1.29 is 17.6 Å². The molecule has 0 aromatic heterocycles. The monoisotopic (exact) mass is 457 g/mol. The van der Waals surface area contributed by atoms with E-state index in [-0.39, 0.29) is 22.1 Å². The van der Waals surface area contributed by atoms with E-state index in [0.717, 1.165) is 5.56 Å². The first kappa shape index (κ1) is 22.5. The number of anilines is 1. The lowest BCUT2D eigenvalue weighted by molar-refractivity contribution is 0.0977. The van der Waals surface area contributed by atoms with E-state index in [2.05, 4.69) is 15.4 Å². The molecule has 0 atom stereocenters. The fourth-order valence-corrected chi connectivity index (χ4v) is 3.96. The molecule has 3 aromatic rings. The van der Waals surface area contributed by atoms with Gasteiger partial charge in [0.15, 0.2) is 5.11 Å². The molecule has 3 aromatic carbocycles. The number of nitrogens with one attached hydrogen (secondary N) is 3. The van der Waals surface area contributed by atoms with E-state index in [1.54, 1.807) is 12.1 Å². The van der Waals surface area contributed by atoms with Crippen LogP contribution in [0.3, 0.4) is 0 Å². The van der Waals surface area contributed by atoms with Gasteiger partial charge in [0.2, 0.25) is 10.0 Å². The Morgan fingerprint density at radius 3 is 2.19 bits per heavy atom. The Hall–Kier alpha value is -3.14. The van der Waals surface area contributed by atoms with Crippen molar-refractivity contribution in [2.75, 3.05) is 11.9 Å². The number of hydrogen-bond donors (Lipinski definition) is 3. The quantitative estimate of drug-likeness (QED) is 0.473. The molecule has 3 N–H and O–H groups in total. The Balaban J connectivity index is 1.53. The molecular weight excluding hydrogens is 437 g/mol. The lowest BCUT2D eigenvalue weighted by atomic mass is 10.2. The maximum absolute atomic E-state index is 12.9. The summed E-state index contributed by atoms with van der Waals surface area (Å²) in [6.45, 7) is 0.284. The molecule has 0 saturated heterocycles. The average Bonchev–Trinajstić information content (AvgIpc) is 2.75. The summed E-state index contributed by atoms with van der Waals surface area (Å²) in [6.07, 6.45) is 0.585. The highest BCUT2D eigenvalue weighted by molar-refractivity contribution is 7.89. The minimum Gasteiger partial charge on any atom is -0.332 e. The van der Waals surface area contributed by atoms with Crippen molar-refractivity contribution in [1.29, 1.82) is 0 Å². The second-order valence-corrected chi connectivity index (χ2v) is 8.75. The summed E-state index contributed by atoms with van der Waals surface area (Å²) >= 11 is 5.10. The van der Waals surface area contributed by atoms with E-state index in [1.165, 1.54) is 36.4 Å². The molecule has 0 heterocycles.